The maximum Gasteiger partial charge on any atom is 0.333 e. The molecule has 53 heavy (non-hydrogen) atoms. The lowest BCUT2D eigenvalue weighted by molar-refractivity contribution is -0.404. The number of hydrogen-bond acceptors (Lipinski definition) is 4. The Morgan fingerprint density at radius 2 is 1.47 bits per heavy atom. The highest BCUT2D eigenvalue weighted by Gasteiger charge is 2.27. The van der Waals surface area contributed by atoms with E-state index in [0.29, 0.717) is 5.57 Å². The van der Waals surface area contributed by atoms with Gasteiger partial charge in [0.1, 0.15) is 12.6 Å². The van der Waals surface area contributed by atoms with E-state index in [1.54, 1.807) is 6.92 Å². The predicted octanol–water partition coefficient (Wildman–Crippen LogP) is 9.57. The first kappa shape index (κ1) is 37.1. The molecule has 0 unspecified atom stereocenters. The fourth-order valence-electron chi connectivity index (χ4n) is 7.66. The largest absolute Gasteiger partial charge is 0.494 e. The molecule has 0 atom stereocenters. The smallest absolute Gasteiger partial charge is 0.333 e. The minimum absolute atomic E-state index is 0.181. The third-order valence-corrected chi connectivity index (χ3v) is 11.0. The highest BCUT2D eigenvalue weighted by atomic mass is 16.3. The number of rotatable bonds is 9. The second kappa shape index (κ2) is 15.5. The predicted molar refractivity (Wildman–Crippen MR) is 222 cm³/mol. The molecule has 1 N–H and O–H groups in total. The third kappa shape index (κ3) is 6.96. The maximum absolute atomic E-state index is 14.1. The Morgan fingerprint density at radius 1 is 0.849 bits per heavy atom. The average molecular weight is 708 g/mol. The van der Waals surface area contributed by atoms with Gasteiger partial charge in [0, 0.05) is 56.2 Å². The number of aromatic nitrogens is 2. The third-order valence-electron chi connectivity index (χ3n) is 11.0. The monoisotopic (exact) mass is 707 g/mol. The minimum atomic E-state index is -0.500. The molecule has 0 aliphatic heterocycles. The van der Waals surface area contributed by atoms with Gasteiger partial charge in [-0.1, -0.05) is 66.7 Å². The van der Waals surface area contributed by atoms with Gasteiger partial charge in [-0.2, -0.15) is 4.58 Å². The summed E-state index contributed by atoms with van der Waals surface area (Å²) >= 11 is 0. The highest BCUT2D eigenvalue weighted by Crippen LogP contribution is 2.39. The molecule has 6 rings (SSSR count). The molecule has 7 nitrogen and oxygen atoms in total. The van der Waals surface area contributed by atoms with E-state index in [2.05, 4.69) is 148 Å². The van der Waals surface area contributed by atoms with E-state index in [0.717, 1.165) is 53.2 Å². The van der Waals surface area contributed by atoms with Gasteiger partial charge in [0.05, 0.1) is 0 Å². The Kier molecular flexibility index (Phi) is 10.8. The lowest BCUT2D eigenvalue weighted by atomic mass is 9.83. The van der Waals surface area contributed by atoms with E-state index < -0.39 is 11.2 Å². The maximum atomic E-state index is 14.1. The van der Waals surface area contributed by atoms with Gasteiger partial charge in [-0.25, -0.2) is 4.79 Å². The summed E-state index contributed by atoms with van der Waals surface area (Å²) in [4.78, 5) is 29.5. The van der Waals surface area contributed by atoms with Crippen molar-refractivity contribution in [1.82, 2.24) is 9.13 Å². The van der Waals surface area contributed by atoms with Gasteiger partial charge in [-0.15, -0.1) is 0 Å². The van der Waals surface area contributed by atoms with Crippen LogP contribution in [-0.4, -0.2) is 38.6 Å². The molecule has 0 saturated carbocycles. The van der Waals surface area contributed by atoms with Gasteiger partial charge in [0.25, 0.3) is 5.56 Å². The van der Waals surface area contributed by atoms with Crippen LogP contribution in [0.5, 0.6) is 5.88 Å². The van der Waals surface area contributed by atoms with E-state index in [4.69, 9.17) is 0 Å². The normalized spacial score (nSPS) is 15.2. The van der Waals surface area contributed by atoms with Crippen molar-refractivity contribution in [2.24, 2.45) is 0 Å². The van der Waals surface area contributed by atoms with Crippen molar-refractivity contribution in [2.45, 2.75) is 73.9 Å². The quantitative estimate of drug-likeness (QED) is 0.122. The Labute approximate surface area is 312 Å². The molecule has 1 heterocycles. The van der Waals surface area contributed by atoms with E-state index in [-0.39, 0.29) is 24.5 Å². The van der Waals surface area contributed by atoms with E-state index in [1.165, 1.54) is 41.8 Å². The molecule has 0 radical (unpaired) electrons. The fourth-order valence-corrected chi connectivity index (χ4v) is 7.66. The summed E-state index contributed by atoms with van der Waals surface area (Å²) in [5, 5.41) is 16.5. The van der Waals surface area contributed by atoms with Crippen molar-refractivity contribution < 1.29 is 9.68 Å². The van der Waals surface area contributed by atoms with E-state index in [1.807, 2.05) is 6.92 Å². The molecule has 272 valence electrons. The second-order valence-electron chi connectivity index (χ2n) is 14.0. The molecule has 1 aromatic heterocycles. The van der Waals surface area contributed by atoms with Crippen LogP contribution in [0.3, 0.4) is 0 Å². The summed E-state index contributed by atoms with van der Waals surface area (Å²) in [6.45, 7) is 12.5. The molecule has 0 bridgehead atoms. The Morgan fingerprint density at radius 3 is 2.13 bits per heavy atom. The summed E-state index contributed by atoms with van der Waals surface area (Å²) in [7, 11) is 4.14. The van der Waals surface area contributed by atoms with Gasteiger partial charge in [-0.3, -0.25) is 13.9 Å². The summed E-state index contributed by atoms with van der Waals surface area (Å²) in [5.74, 6) is -0.282. The van der Waals surface area contributed by atoms with Crippen LogP contribution in [0, 0.1) is 13.8 Å². The second-order valence-corrected chi connectivity index (χ2v) is 14.0. The number of aryl methyl sites for hydroxylation is 2. The first-order valence-electron chi connectivity index (χ1n) is 18.6. The summed E-state index contributed by atoms with van der Waals surface area (Å²) < 4.78 is 4.71. The van der Waals surface area contributed by atoms with Crippen molar-refractivity contribution in [3.05, 3.63) is 151 Å². The Balaban J connectivity index is 1.49. The van der Waals surface area contributed by atoms with Crippen molar-refractivity contribution in [3.63, 3.8) is 0 Å². The molecule has 0 saturated heterocycles. The van der Waals surface area contributed by atoms with Crippen molar-refractivity contribution in [3.8, 4) is 5.88 Å². The Bertz CT molecular complexity index is 2520. The van der Waals surface area contributed by atoms with Crippen molar-refractivity contribution in [1.29, 1.82) is 0 Å². The van der Waals surface area contributed by atoms with Crippen molar-refractivity contribution in [2.75, 3.05) is 19.0 Å². The van der Waals surface area contributed by atoms with E-state index >= 15 is 0 Å². The van der Waals surface area contributed by atoms with Crippen LogP contribution in [0.2, 0.25) is 0 Å². The number of aromatic hydroxyl groups is 1. The van der Waals surface area contributed by atoms with Crippen LogP contribution in [-0.2, 0) is 13.1 Å². The number of benzene rings is 4. The zero-order valence-corrected chi connectivity index (χ0v) is 32.3. The van der Waals surface area contributed by atoms with Crippen LogP contribution in [0.25, 0.3) is 27.1 Å². The minimum Gasteiger partial charge on any atom is -0.494 e. The number of nitrogens with zero attached hydrogens (tertiary/aromatic N) is 4. The highest BCUT2D eigenvalue weighted by molar-refractivity contribution is 5.94. The van der Waals surface area contributed by atoms with Gasteiger partial charge < -0.3 is 10.0 Å². The number of hydrogen-bond donors (Lipinski definition) is 1. The zero-order chi connectivity index (χ0) is 38.0. The van der Waals surface area contributed by atoms with Crippen molar-refractivity contribution >= 4 is 44.2 Å². The molecule has 0 amide bonds. The summed E-state index contributed by atoms with van der Waals surface area (Å²) in [6, 6.07) is 25.5. The first-order chi connectivity index (χ1) is 25.5. The Hall–Kier alpha value is -5.69. The van der Waals surface area contributed by atoms with Gasteiger partial charge >= 0.3 is 5.69 Å². The molecule has 0 fully saturated rings. The molecule has 1 aliphatic carbocycles. The van der Waals surface area contributed by atoms with Gasteiger partial charge in [0.15, 0.2) is 5.71 Å². The number of anilines is 1. The topological polar surface area (TPSA) is 70.5 Å². The summed E-state index contributed by atoms with van der Waals surface area (Å²) in [5.41, 5.74) is 8.53. The standard InChI is InChI=1S/C46H50N4O3/c1-9-49-44(51)43(45(52)50(10-2)46(49)53)42-36(24-22-30(3)47(7)40-28-26-34-16-11-13-20-38(34)32(40)5)18-15-19-37(42)25-23-31(4)48(8)41-29-27-35-17-12-14-21-39(35)33(41)6/h11-14,16-17,20-29H,9-10,15,18-19H2,1-8H3/p+1/b30-22+,36-24+. The number of fused-ring (bicyclic) bond motifs is 2. The molecular weight excluding hydrogens is 657 g/mol. The van der Waals surface area contributed by atoms with Crippen LogP contribution in [0.1, 0.15) is 63.6 Å². The first-order valence-corrected chi connectivity index (χ1v) is 18.6. The van der Waals surface area contributed by atoms with Gasteiger partial charge in [-0.05, 0) is 116 Å². The van der Waals surface area contributed by atoms with E-state index in [9.17, 15) is 14.7 Å². The van der Waals surface area contributed by atoms with Gasteiger partial charge in [0.2, 0.25) is 11.6 Å². The van der Waals surface area contributed by atoms with Crippen LogP contribution < -0.4 is 16.1 Å². The van der Waals surface area contributed by atoms with Crippen LogP contribution in [0.15, 0.2) is 124 Å². The van der Waals surface area contributed by atoms with Crippen LogP contribution >= 0.6 is 0 Å². The number of allylic oxidation sites excluding steroid dienone is 8. The molecule has 5 aromatic rings. The fraction of sp³-hybridized carbons (Fsp3) is 0.283. The lowest BCUT2D eigenvalue weighted by Gasteiger charge is -2.25. The van der Waals surface area contributed by atoms with Crippen LogP contribution in [0.4, 0.5) is 11.4 Å². The average Bonchev–Trinajstić information content (AvgIpc) is 3.16. The molecule has 0 spiro atoms. The lowest BCUT2D eigenvalue weighted by Crippen LogP contribution is -2.41. The summed E-state index contributed by atoms with van der Waals surface area (Å²) in [6.07, 6.45) is 10.7. The zero-order valence-electron chi connectivity index (χ0n) is 32.3. The molecular formula is C46H51N4O3+. The molecule has 4 aromatic carbocycles. The molecule has 1 aliphatic rings. The SMILES string of the molecule is CCn1c(O)c(C2=C(/C=C/C(C)=[N+](C)c3ccc4ccccc4c3C)CCC/C2=C\C=C(/C)N(C)c2ccc3ccccc3c2C)c(=O)n(CC)c1=O. The molecule has 7 heteroatoms.